The van der Waals surface area contributed by atoms with Gasteiger partial charge < -0.3 is 10.0 Å². The molecule has 0 aromatic carbocycles. The van der Waals surface area contributed by atoms with E-state index in [9.17, 15) is 5.11 Å². The molecule has 2 heterocycles. The largest absolute Gasteiger partial charge is 0.383 e. The van der Waals surface area contributed by atoms with Crippen molar-refractivity contribution in [1.29, 1.82) is 0 Å². The topological polar surface area (TPSA) is 41.3 Å². The Hall–Kier alpha value is -0.870. The maximum atomic E-state index is 10.9. The highest BCUT2D eigenvalue weighted by molar-refractivity contribution is 5.14. The van der Waals surface area contributed by atoms with Crippen molar-refractivity contribution in [3.63, 3.8) is 0 Å². The van der Waals surface area contributed by atoms with E-state index >= 15 is 0 Å². The summed E-state index contributed by atoms with van der Waals surface area (Å²) in [7, 11) is 0. The molecule has 0 unspecified atom stereocenters. The summed E-state index contributed by atoms with van der Waals surface area (Å²) in [6, 6.07) is 2.27. The van der Waals surface area contributed by atoms with E-state index in [0.717, 1.165) is 38.2 Å². The van der Waals surface area contributed by atoms with Crippen LogP contribution in [0.1, 0.15) is 51.8 Å². The Morgan fingerprint density at radius 1 is 1.39 bits per heavy atom. The van der Waals surface area contributed by atoms with E-state index < -0.39 is 5.60 Å². The third-order valence-electron chi connectivity index (χ3n) is 3.86. The lowest BCUT2D eigenvalue weighted by Gasteiger charge is -2.38. The smallest absolute Gasteiger partial charge is 0.109 e. The maximum absolute atomic E-state index is 10.9. The Bertz CT molecular complexity index is 378. The van der Waals surface area contributed by atoms with Gasteiger partial charge in [-0.15, -0.1) is 0 Å². The molecular formula is C14H25N3O. The van der Waals surface area contributed by atoms with Crippen molar-refractivity contribution < 1.29 is 5.11 Å². The summed E-state index contributed by atoms with van der Waals surface area (Å²) in [6.45, 7) is 9.51. The third-order valence-corrected chi connectivity index (χ3v) is 3.86. The minimum absolute atomic E-state index is 0.299. The fourth-order valence-electron chi connectivity index (χ4n) is 2.81. The highest BCUT2D eigenvalue weighted by atomic mass is 16.3. The summed E-state index contributed by atoms with van der Waals surface area (Å²) >= 11 is 0. The van der Waals surface area contributed by atoms with Crippen molar-refractivity contribution in [2.45, 2.75) is 51.7 Å². The molecule has 102 valence electrons. The highest BCUT2D eigenvalue weighted by Crippen LogP contribution is 2.33. The Labute approximate surface area is 110 Å². The SMILES string of the molecule is CCCN1CCC(O)(c2ccnn2C(C)C)CC1. The molecule has 0 atom stereocenters. The van der Waals surface area contributed by atoms with Crippen LogP contribution < -0.4 is 0 Å². The molecule has 18 heavy (non-hydrogen) atoms. The molecule has 4 heteroatoms. The number of likely N-dealkylation sites (tertiary alicyclic amines) is 1. The second-order valence-electron chi connectivity index (χ2n) is 5.63. The Balaban J connectivity index is 2.11. The second-order valence-corrected chi connectivity index (χ2v) is 5.63. The Kier molecular flexibility index (Phi) is 4.07. The molecule has 0 spiro atoms. The van der Waals surface area contributed by atoms with Crippen LogP contribution in [0.2, 0.25) is 0 Å². The van der Waals surface area contributed by atoms with Gasteiger partial charge in [-0.2, -0.15) is 5.10 Å². The van der Waals surface area contributed by atoms with E-state index in [1.165, 1.54) is 6.42 Å². The van der Waals surface area contributed by atoms with Gasteiger partial charge in [-0.3, -0.25) is 4.68 Å². The number of piperidine rings is 1. The number of hydrogen-bond donors (Lipinski definition) is 1. The van der Waals surface area contributed by atoms with Gasteiger partial charge in [-0.25, -0.2) is 0 Å². The average Bonchev–Trinajstić information content (AvgIpc) is 2.82. The molecule has 1 aromatic heterocycles. The molecule has 4 nitrogen and oxygen atoms in total. The van der Waals surface area contributed by atoms with Crippen LogP contribution in [-0.2, 0) is 5.60 Å². The van der Waals surface area contributed by atoms with Gasteiger partial charge in [0, 0.05) is 25.3 Å². The molecule has 1 saturated heterocycles. The van der Waals surface area contributed by atoms with Gasteiger partial charge in [0.25, 0.3) is 0 Å². The van der Waals surface area contributed by atoms with Gasteiger partial charge in [-0.05, 0) is 45.7 Å². The van der Waals surface area contributed by atoms with Crippen LogP contribution in [0.4, 0.5) is 0 Å². The molecule has 0 radical (unpaired) electrons. The number of aliphatic hydroxyl groups is 1. The minimum atomic E-state index is -0.689. The first kappa shape index (κ1) is 13.6. The quantitative estimate of drug-likeness (QED) is 0.891. The van der Waals surface area contributed by atoms with Gasteiger partial charge >= 0.3 is 0 Å². The van der Waals surface area contributed by atoms with Crippen molar-refractivity contribution in [2.75, 3.05) is 19.6 Å². The van der Waals surface area contributed by atoms with E-state index in [2.05, 4.69) is 30.8 Å². The summed E-state index contributed by atoms with van der Waals surface area (Å²) < 4.78 is 1.95. The normalized spacial score (nSPS) is 20.5. The molecular weight excluding hydrogens is 226 g/mol. The van der Waals surface area contributed by atoms with Crippen molar-refractivity contribution in [3.05, 3.63) is 18.0 Å². The summed E-state index contributed by atoms with van der Waals surface area (Å²) in [6.07, 6.45) is 4.60. The van der Waals surface area contributed by atoms with Crippen LogP contribution in [0.3, 0.4) is 0 Å². The summed E-state index contributed by atoms with van der Waals surface area (Å²) in [5, 5.41) is 15.2. The fourth-order valence-corrected chi connectivity index (χ4v) is 2.81. The zero-order valence-corrected chi connectivity index (χ0v) is 11.8. The van der Waals surface area contributed by atoms with Crippen LogP contribution in [0.5, 0.6) is 0 Å². The lowest BCUT2D eigenvalue weighted by atomic mass is 9.88. The predicted molar refractivity (Wildman–Crippen MR) is 72.5 cm³/mol. The van der Waals surface area contributed by atoms with E-state index in [-0.39, 0.29) is 0 Å². The number of nitrogens with zero attached hydrogens (tertiary/aromatic N) is 3. The van der Waals surface area contributed by atoms with E-state index in [4.69, 9.17) is 0 Å². The van der Waals surface area contributed by atoms with Gasteiger partial charge in [0.05, 0.1) is 5.69 Å². The number of rotatable bonds is 4. The number of aromatic nitrogens is 2. The molecule has 1 aliphatic heterocycles. The summed E-state index contributed by atoms with van der Waals surface area (Å²) in [4.78, 5) is 2.44. The first-order chi connectivity index (χ1) is 8.57. The van der Waals surface area contributed by atoms with Crippen molar-refractivity contribution in [3.8, 4) is 0 Å². The molecule has 0 bridgehead atoms. The third kappa shape index (κ3) is 2.59. The van der Waals surface area contributed by atoms with Crippen molar-refractivity contribution in [2.24, 2.45) is 0 Å². The van der Waals surface area contributed by atoms with Crippen LogP contribution >= 0.6 is 0 Å². The maximum Gasteiger partial charge on any atom is 0.109 e. The van der Waals surface area contributed by atoms with Gasteiger partial charge in [0.2, 0.25) is 0 Å². The number of hydrogen-bond acceptors (Lipinski definition) is 3. The summed E-state index contributed by atoms with van der Waals surface area (Å²) in [5.41, 5.74) is 0.291. The zero-order valence-electron chi connectivity index (χ0n) is 11.8. The highest BCUT2D eigenvalue weighted by Gasteiger charge is 2.36. The van der Waals surface area contributed by atoms with Crippen LogP contribution in [0.15, 0.2) is 12.3 Å². The molecule has 0 saturated carbocycles. The standard InChI is InChI=1S/C14H25N3O/c1-4-9-16-10-6-14(18,7-11-16)13-5-8-15-17(13)12(2)3/h5,8,12,18H,4,6-7,9-11H2,1-3H3. The van der Waals surface area contributed by atoms with Crippen LogP contribution in [0, 0.1) is 0 Å². The van der Waals surface area contributed by atoms with Crippen LogP contribution in [0.25, 0.3) is 0 Å². The average molecular weight is 251 g/mol. The molecule has 1 aliphatic rings. The van der Waals surface area contributed by atoms with E-state index in [1.807, 2.05) is 10.7 Å². The monoisotopic (exact) mass is 251 g/mol. The zero-order chi connectivity index (χ0) is 13.2. The fraction of sp³-hybridized carbons (Fsp3) is 0.786. The summed E-state index contributed by atoms with van der Waals surface area (Å²) in [5.74, 6) is 0. The van der Waals surface area contributed by atoms with Gasteiger partial charge in [-0.1, -0.05) is 6.92 Å². The first-order valence-electron chi connectivity index (χ1n) is 7.05. The predicted octanol–water partition coefficient (Wildman–Crippen LogP) is 2.16. The van der Waals surface area contributed by atoms with Gasteiger partial charge in [0.1, 0.15) is 5.60 Å². The van der Waals surface area contributed by atoms with Crippen molar-refractivity contribution in [1.82, 2.24) is 14.7 Å². The van der Waals surface area contributed by atoms with Crippen LogP contribution in [-0.4, -0.2) is 39.4 Å². The van der Waals surface area contributed by atoms with Gasteiger partial charge in [0.15, 0.2) is 0 Å². The van der Waals surface area contributed by atoms with E-state index in [1.54, 1.807) is 6.20 Å². The molecule has 0 aliphatic carbocycles. The lowest BCUT2D eigenvalue weighted by Crippen LogP contribution is -2.44. The molecule has 1 N–H and O–H groups in total. The van der Waals surface area contributed by atoms with Crippen molar-refractivity contribution >= 4 is 0 Å². The molecule has 0 amide bonds. The Morgan fingerprint density at radius 3 is 2.61 bits per heavy atom. The minimum Gasteiger partial charge on any atom is -0.383 e. The molecule has 1 aromatic rings. The van der Waals surface area contributed by atoms with E-state index in [0.29, 0.717) is 6.04 Å². The molecule has 2 rings (SSSR count). The lowest BCUT2D eigenvalue weighted by molar-refractivity contribution is -0.0333. The Morgan fingerprint density at radius 2 is 2.06 bits per heavy atom. The second kappa shape index (κ2) is 5.41. The first-order valence-corrected chi connectivity index (χ1v) is 7.05. The molecule has 1 fully saturated rings.